The maximum atomic E-state index is 4.18. The molecule has 0 amide bonds. The molecule has 6 rings (SSSR count). The molecule has 0 aliphatic carbocycles. The van der Waals surface area contributed by atoms with Gasteiger partial charge < -0.3 is 0 Å². The van der Waals surface area contributed by atoms with Crippen molar-refractivity contribution in [2.24, 2.45) is 0 Å². The van der Waals surface area contributed by atoms with Gasteiger partial charge in [0, 0.05) is 16.9 Å². The lowest BCUT2D eigenvalue weighted by Gasteiger charge is -2.16. The molecule has 2 heteroatoms. The lowest BCUT2D eigenvalue weighted by Crippen LogP contribution is -1.89. The summed E-state index contributed by atoms with van der Waals surface area (Å²) in [6.45, 7) is 0. The Morgan fingerprint density at radius 2 is 0.966 bits per heavy atom. The molecule has 0 saturated heterocycles. The van der Waals surface area contributed by atoms with Crippen molar-refractivity contribution in [2.45, 2.75) is 0 Å². The predicted molar refractivity (Wildman–Crippen MR) is 127 cm³/mol. The minimum Gasteiger partial charge on any atom is -0.265 e. The summed E-state index contributed by atoms with van der Waals surface area (Å²) in [5.74, 6) is 0. The molecule has 1 aromatic heterocycles. The second kappa shape index (κ2) is 6.40. The van der Waals surface area contributed by atoms with Gasteiger partial charge in [-0.25, -0.2) is 0 Å². The van der Waals surface area contributed by atoms with Gasteiger partial charge in [0.2, 0.25) is 0 Å². The first-order valence-corrected chi connectivity index (χ1v) is 10.5. The van der Waals surface area contributed by atoms with Crippen molar-refractivity contribution in [1.82, 2.24) is 4.98 Å². The van der Waals surface area contributed by atoms with E-state index in [0.717, 1.165) is 4.47 Å². The molecule has 0 saturated carbocycles. The summed E-state index contributed by atoms with van der Waals surface area (Å²) in [6.07, 6.45) is 3.72. The van der Waals surface area contributed by atoms with Gasteiger partial charge in [-0.05, 0) is 78.8 Å². The zero-order valence-electron chi connectivity index (χ0n) is 15.6. The Kier molecular flexibility index (Phi) is 3.68. The molecule has 0 unspecified atom stereocenters. The summed E-state index contributed by atoms with van der Waals surface area (Å²) in [6, 6.07) is 30.7. The molecular formula is C27H16BrN. The molecule has 0 aliphatic heterocycles. The summed E-state index contributed by atoms with van der Waals surface area (Å²) in [5.41, 5.74) is 4.96. The molecule has 0 N–H and O–H groups in total. The van der Waals surface area contributed by atoms with E-state index in [4.69, 9.17) is 0 Å². The second-order valence-corrected chi connectivity index (χ2v) is 8.31. The molecule has 0 atom stereocenters. The topological polar surface area (TPSA) is 12.9 Å². The van der Waals surface area contributed by atoms with Gasteiger partial charge in [-0.2, -0.15) is 0 Å². The smallest absolute Gasteiger partial charge is 0.0273 e. The van der Waals surface area contributed by atoms with E-state index in [-0.39, 0.29) is 0 Å². The van der Waals surface area contributed by atoms with Crippen LogP contribution in [0.4, 0.5) is 0 Å². The van der Waals surface area contributed by atoms with Gasteiger partial charge in [0.15, 0.2) is 0 Å². The average molecular weight is 434 g/mol. The van der Waals surface area contributed by atoms with E-state index in [1.807, 2.05) is 12.4 Å². The van der Waals surface area contributed by atoms with E-state index in [9.17, 15) is 0 Å². The highest BCUT2D eigenvalue weighted by Gasteiger charge is 2.14. The number of benzene rings is 5. The van der Waals surface area contributed by atoms with Gasteiger partial charge in [0.1, 0.15) is 0 Å². The first-order chi connectivity index (χ1) is 14.3. The Morgan fingerprint density at radius 3 is 1.52 bits per heavy atom. The number of hydrogen-bond acceptors (Lipinski definition) is 1. The number of pyridine rings is 1. The standard InChI is InChI=1S/C27H16BrN/c28-21-7-1-17(2-8-21)22-9-3-19-6-12-25-23(18-13-15-29-16-14-18)10-4-20-5-11-24(22)26(19)27(20)25/h1-16H. The highest BCUT2D eigenvalue weighted by Crippen LogP contribution is 2.42. The Bertz CT molecular complexity index is 1480. The van der Waals surface area contributed by atoms with Gasteiger partial charge in [-0.1, -0.05) is 76.6 Å². The van der Waals surface area contributed by atoms with Crippen molar-refractivity contribution in [3.05, 3.63) is 102 Å². The molecule has 6 aromatic rings. The largest absolute Gasteiger partial charge is 0.265 e. The number of hydrogen-bond donors (Lipinski definition) is 0. The normalized spacial score (nSPS) is 11.6. The number of rotatable bonds is 2. The summed E-state index contributed by atoms with van der Waals surface area (Å²) >= 11 is 3.55. The number of nitrogens with zero attached hydrogens (tertiary/aromatic N) is 1. The molecule has 0 fully saturated rings. The van der Waals surface area contributed by atoms with Gasteiger partial charge in [-0.3, -0.25) is 4.98 Å². The van der Waals surface area contributed by atoms with Crippen molar-refractivity contribution in [2.75, 3.05) is 0 Å². The summed E-state index contributed by atoms with van der Waals surface area (Å²) in [5, 5.41) is 7.84. The van der Waals surface area contributed by atoms with Crippen LogP contribution >= 0.6 is 15.9 Å². The van der Waals surface area contributed by atoms with Crippen molar-refractivity contribution in [3.63, 3.8) is 0 Å². The van der Waals surface area contributed by atoms with Crippen LogP contribution in [0.15, 0.2) is 102 Å². The van der Waals surface area contributed by atoms with Crippen LogP contribution < -0.4 is 0 Å². The van der Waals surface area contributed by atoms with E-state index < -0.39 is 0 Å². The fourth-order valence-electron chi connectivity index (χ4n) is 4.47. The third kappa shape index (κ3) is 2.56. The third-order valence-corrected chi connectivity index (χ3v) is 6.34. The molecular weight excluding hydrogens is 418 g/mol. The lowest BCUT2D eigenvalue weighted by atomic mass is 9.87. The third-order valence-electron chi connectivity index (χ3n) is 5.81. The fourth-order valence-corrected chi connectivity index (χ4v) is 4.73. The summed E-state index contributed by atoms with van der Waals surface area (Å²) in [4.78, 5) is 4.18. The van der Waals surface area contributed by atoms with E-state index in [2.05, 4.69) is 106 Å². The van der Waals surface area contributed by atoms with E-state index in [1.54, 1.807) is 0 Å². The van der Waals surface area contributed by atoms with Gasteiger partial charge >= 0.3 is 0 Å². The lowest BCUT2D eigenvalue weighted by molar-refractivity contribution is 1.33. The van der Waals surface area contributed by atoms with Gasteiger partial charge in [-0.15, -0.1) is 0 Å². The fraction of sp³-hybridized carbons (Fsp3) is 0. The highest BCUT2D eigenvalue weighted by atomic mass is 79.9. The predicted octanol–water partition coefficient (Wildman–Crippen LogP) is 8.08. The monoisotopic (exact) mass is 433 g/mol. The average Bonchev–Trinajstić information content (AvgIpc) is 2.78. The quantitative estimate of drug-likeness (QED) is 0.251. The van der Waals surface area contributed by atoms with Crippen molar-refractivity contribution >= 4 is 48.2 Å². The zero-order valence-corrected chi connectivity index (χ0v) is 17.1. The van der Waals surface area contributed by atoms with Gasteiger partial charge in [0.25, 0.3) is 0 Å². The first-order valence-electron chi connectivity index (χ1n) is 9.66. The van der Waals surface area contributed by atoms with E-state index in [1.165, 1.54) is 54.6 Å². The first kappa shape index (κ1) is 16.7. The molecule has 0 bridgehead atoms. The van der Waals surface area contributed by atoms with Crippen LogP contribution in [-0.2, 0) is 0 Å². The Balaban J connectivity index is 1.73. The van der Waals surface area contributed by atoms with Crippen LogP contribution in [0.2, 0.25) is 0 Å². The van der Waals surface area contributed by atoms with Crippen molar-refractivity contribution < 1.29 is 0 Å². The zero-order chi connectivity index (χ0) is 19.4. The number of halogens is 1. The number of aromatic nitrogens is 1. The van der Waals surface area contributed by atoms with Crippen LogP contribution in [0.3, 0.4) is 0 Å². The Morgan fingerprint density at radius 1 is 0.483 bits per heavy atom. The molecule has 5 aromatic carbocycles. The SMILES string of the molecule is Brc1ccc(-c2ccc3ccc4c(-c5ccncc5)ccc5ccc2c3c54)cc1. The van der Waals surface area contributed by atoms with Crippen LogP contribution in [0.1, 0.15) is 0 Å². The maximum Gasteiger partial charge on any atom is 0.0273 e. The molecule has 136 valence electrons. The minimum atomic E-state index is 1.10. The molecule has 0 aliphatic rings. The summed E-state index contributed by atoms with van der Waals surface area (Å²) < 4.78 is 1.10. The van der Waals surface area contributed by atoms with Crippen LogP contribution in [-0.4, -0.2) is 4.98 Å². The molecule has 0 spiro atoms. The molecule has 0 radical (unpaired) electrons. The van der Waals surface area contributed by atoms with E-state index >= 15 is 0 Å². The second-order valence-electron chi connectivity index (χ2n) is 7.39. The van der Waals surface area contributed by atoms with Crippen molar-refractivity contribution in [1.29, 1.82) is 0 Å². The van der Waals surface area contributed by atoms with E-state index in [0.29, 0.717) is 0 Å². The summed E-state index contributed by atoms with van der Waals surface area (Å²) in [7, 11) is 0. The van der Waals surface area contributed by atoms with Gasteiger partial charge in [0.05, 0.1) is 0 Å². The molecule has 1 nitrogen and oxygen atoms in total. The van der Waals surface area contributed by atoms with Crippen molar-refractivity contribution in [3.8, 4) is 22.3 Å². The van der Waals surface area contributed by atoms with Crippen LogP contribution in [0, 0.1) is 0 Å². The van der Waals surface area contributed by atoms with Crippen LogP contribution in [0.5, 0.6) is 0 Å². The maximum absolute atomic E-state index is 4.18. The molecule has 29 heavy (non-hydrogen) atoms. The Labute approximate surface area is 177 Å². The van der Waals surface area contributed by atoms with Crippen LogP contribution in [0.25, 0.3) is 54.6 Å². The Hall–Kier alpha value is -3.23. The minimum absolute atomic E-state index is 1.10. The molecule has 1 heterocycles. The highest BCUT2D eigenvalue weighted by molar-refractivity contribution is 9.10.